The van der Waals surface area contributed by atoms with E-state index < -0.39 is 9.84 Å². The highest BCUT2D eigenvalue weighted by Gasteiger charge is 2.11. The molecular formula is C15H22O3S. The van der Waals surface area contributed by atoms with E-state index in [1.54, 1.807) is 18.2 Å². The Kier molecular flexibility index (Phi) is 5.73. The number of hydrogen-bond acceptors (Lipinski definition) is 3. The van der Waals surface area contributed by atoms with Crippen molar-refractivity contribution >= 4 is 15.6 Å². The van der Waals surface area contributed by atoms with E-state index in [2.05, 4.69) is 0 Å². The average Bonchev–Trinajstić information content (AvgIpc) is 2.28. The van der Waals surface area contributed by atoms with Crippen molar-refractivity contribution in [3.05, 3.63) is 29.8 Å². The van der Waals surface area contributed by atoms with Crippen LogP contribution in [0.3, 0.4) is 0 Å². The van der Waals surface area contributed by atoms with Crippen LogP contribution in [0.15, 0.2) is 29.2 Å². The van der Waals surface area contributed by atoms with Crippen molar-refractivity contribution in [2.75, 3.05) is 6.26 Å². The van der Waals surface area contributed by atoms with E-state index >= 15 is 0 Å². The Morgan fingerprint density at radius 2 is 2.00 bits per heavy atom. The summed E-state index contributed by atoms with van der Waals surface area (Å²) in [5.41, 5.74) is 0.972. The molecule has 0 heterocycles. The molecule has 4 heteroatoms. The lowest BCUT2D eigenvalue weighted by molar-refractivity contribution is -0.119. The third-order valence-electron chi connectivity index (χ3n) is 3.02. The molecule has 0 N–H and O–H groups in total. The molecule has 0 spiro atoms. The van der Waals surface area contributed by atoms with Gasteiger partial charge in [-0.1, -0.05) is 26.0 Å². The summed E-state index contributed by atoms with van der Waals surface area (Å²) in [6, 6.07) is 6.98. The molecule has 0 radical (unpaired) electrons. The molecule has 3 nitrogen and oxygen atoms in total. The number of benzene rings is 1. The van der Waals surface area contributed by atoms with Crippen molar-refractivity contribution in [1.29, 1.82) is 0 Å². The van der Waals surface area contributed by atoms with Crippen molar-refractivity contribution < 1.29 is 13.2 Å². The van der Waals surface area contributed by atoms with E-state index in [9.17, 15) is 13.2 Å². The van der Waals surface area contributed by atoms with Crippen LogP contribution in [0.5, 0.6) is 0 Å². The van der Waals surface area contributed by atoms with E-state index in [1.807, 2.05) is 19.9 Å². The van der Waals surface area contributed by atoms with Gasteiger partial charge in [-0.05, 0) is 36.5 Å². The average molecular weight is 282 g/mol. The summed E-state index contributed by atoms with van der Waals surface area (Å²) in [6.07, 6.45) is 4.03. The monoisotopic (exact) mass is 282 g/mol. The van der Waals surface area contributed by atoms with Crippen LogP contribution < -0.4 is 0 Å². The Balaban J connectivity index is 2.70. The molecular weight excluding hydrogens is 260 g/mol. The van der Waals surface area contributed by atoms with Gasteiger partial charge in [0.15, 0.2) is 9.84 Å². The minimum absolute atomic E-state index is 0.244. The number of hydrogen-bond donors (Lipinski definition) is 0. The Labute approximate surface area is 116 Å². The molecule has 0 aromatic heterocycles. The predicted octanol–water partition coefficient (Wildman–Crippen LogP) is 3.03. The minimum atomic E-state index is -3.16. The lowest BCUT2D eigenvalue weighted by atomic mass is 9.95. The summed E-state index contributed by atoms with van der Waals surface area (Å²) in [5.74, 6) is 0.531. The second kappa shape index (κ2) is 6.85. The van der Waals surface area contributed by atoms with E-state index in [4.69, 9.17) is 0 Å². The molecule has 1 aromatic rings. The molecule has 0 aliphatic rings. The lowest BCUT2D eigenvalue weighted by Crippen LogP contribution is -2.08. The number of sulfone groups is 1. The van der Waals surface area contributed by atoms with Gasteiger partial charge in [0.05, 0.1) is 4.90 Å². The van der Waals surface area contributed by atoms with Crippen molar-refractivity contribution in [3.63, 3.8) is 0 Å². The second-order valence-corrected chi connectivity index (χ2v) is 7.24. The van der Waals surface area contributed by atoms with Gasteiger partial charge >= 0.3 is 0 Å². The Hall–Kier alpha value is -1.16. The van der Waals surface area contributed by atoms with Gasteiger partial charge in [-0.3, -0.25) is 4.79 Å². The molecule has 0 fully saturated rings. The van der Waals surface area contributed by atoms with Crippen molar-refractivity contribution in [2.45, 2.75) is 44.4 Å². The van der Waals surface area contributed by atoms with E-state index in [0.29, 0.717) is 17.7 Å². The first-order valence-corrected chi connectivity index (χ1v) is 8.52. The summed E-state index contributed by atoms with van der Waals surface area (Å²) in [5, 5.41) is 0. The summed E-state index contributed by atoms with van der Waals surface area (Å²) < 4.78 is 23.0. The molecule has 1 rings (SSSR count). The Morgan fingerprint density at radius 3 is 2.58 bits per heavy atom. The number of Topliss-reactive ketones (excluding diaryl/α,β-unsaturated/α-hetero) is 1. The molecule has 0 saturated carbocycles. The van der Waals surface area contributed by atoms with Crippen LogP contribution in [-0.2, 0) is 21.1 Å². The normalized spacial score (nSPS) is 13.2. The van der Waals surface area contributed by atoms with E-state index in [1.165, 1.54) is 6.26 Å². The first-order chi connectivity index (χ1) is 8.82. The zero-order chi connectivity index (χ0) is 14.5. The van der Waals surface area contributed by atoms with Crippen LogP contribution in [0.4, 0.5) is 0 Å². The topological polar surface area (TPSA) is 51.2 Å². The third kappa shape index (κ3) is 5.55. The molecule has 1 unspecified atom stereocenters. The van der Waals surface area contributed by atoms with Crippen LogP contribution in [0.1, 0.15) is 38.7 Å². The van der Waals surface area contributed by atoms with Crippen LogP contribution in [0, 0.1) is 5.92 Å². The molecule has 1 aromatic carbocycles. The van der Waals surface area contributed by atoms with Crippen LogP contribution in [0.2, 0.25) is 0 Å². The smallest absolute Gasteiger partial charge is 0.175 e. The van der Waals surface area contributed by atoms with Crippen molar-refractivity contribution in [3.8, 4) is 0 Å². The zero-order valence-electron chi connectivity index (χ0n) is 11.8. The summed E-state index contributed by atoms with van der Waals surface area (Å²) >= 11 is 0. The minimum Gasteiger partial charge on any atom is -0.300 e. The highest BCUT2D eigenvalue weighted by molar-refractivity contribution is 7.90. The van der Waals surface area contributed by atoms with E-state index in [-0.39, 0.29) is 11.7 Å². The number of carbonyl (C=O) groups excluding carboxylic acids is 1. The van der Waals surface area contributed by atoms with Gasteiger partial charge < -0.3 is 0 Å². The summed E-state index contributed by atoms with van der Waals surface area (Å²) in [7, 11) is -3.16. The SMILES string of the molecule is CCCC(=O)CC(C)Cc1cccc(S(C)(=O)=O)c1. The maximum Gasteiger partial charge on any atom is 0.175 e. The number of rotatable bonds is 7. The van der Waals surface area contributed by atoms with Crippen molar-refractivity contribution in [2.24, 2.45) is 5.92 Å². The number of carbonyl (C=O) groups is 1. The molecule has 0 amide bonds. The van der Waals surface area contributed by atoms with Gasteiger partial charge in [0.2, 0.25) is 0 Å². The van der Waals surface area contributed by atoms with Gasteiger partial charge in [0, 0.05) is 19.1 Å². The highest BCUT2D eigenvalue weighted by atomic mass is 32.2. The fourth-order valence-corrected chi connectivity index (χ4v) is 2.84. The second-order valence-electron chi connectivity index (χ2n) is 5.22. The quantitative estimate of drug-likeness (QED) is 0.772. The molecule has 0 saturated heterocycles. The summed E-state index contributed by atoms with van der Waals surface area (Å²) in [4.78, 5) is 11.9. The van der Waals surface area contributed by atoms with Gasteiger partial charge in [-0.25, -0.2) is 8.42 Å². The van der Waals surface area contributed by atoms with E-state index in [0.717, 1.165) is 18.4 Å². The molecule has 1 atom stereocenters. The Bertz CT molecular complexity index is 532. The van der Waals surface area contributed by atoms with Crippen LogP contribution in [0.25, 0.3) is 0 Å². The molecule has 19 heavy (non-hydrogen) atoms. The third-order valence-corrected chi connectivity index (χ3v) is 4.13. The lowest BCUT2D eigenvalue weighted by Gasteiger charge is -2.11. The highest BCUT2D eigenvalue weighted by Crippen LogP contribution is 2.17. The van der Waals surface area contributed by atoms with Crippen LogP contribution >= 0.6 is 0 Å². The van der Waals surface area contributed by atoms with Crippen molar-refractivity contribution in [1.82, 2.24) is 0 Å². The molecule has 0 aliphatic heterocycles. The molecule has 0 aliphatic carbocycles. The summed E-state index contributed by atoms with van der Waals surface area (Å²) in [6.45, 7) is 4.03. The fourth-order valence-electron chi connectivity index (χ4n) is 2.15. The predicted molar refractivity (Wildman–Crippen MR) is 77.0 cm³/mol. The maximum absolute atomic E-state index is 11.6. The molecule has 106 valence electrons. The Morgan fingerprint density at radius 1 is 1.32 bits per heavy atom. The fraction of sp³-hybridized carbons (Fsp3) is 0.533. The molecule has 0 bridgehead atoms. The first-order valence-electron chi connectivity index (χ1n) is 6.63. The largest absolute Gasteiger partial charge is 0.300 e. The van der Waals surface area contributed by atoms with Crippen LogP contribution in [-0.4, -0.2) is 20.5 Å². The van der Waals surface area contributed by atoms with Gasteiger partial charge in [0.1, 0.15) is 5.78 Å². The first kappa shape index (κ1) is 15.9. The van der Waals surface area contributed by atoms with Gasteiger partial charge in [-0.2, -0.15) is 0 Å². The number of ketones is 1. The van der Waals surface area contributed by atoms with Gasteiger partial charge in [-0.15, -0.1) is 0 Å². The zero-order valence-corrected chi connectivity index (χ0v) is 12.7. The van der Waals surface area contributed by atoms with Gasteiger partial charge in [0.25, 0.3) is 0 Å². The maximum atomic E-state index is 11.6. The standard InChI is InChI=1S/C15H22O3S/c1-4-6-14(16)10-12(2)9-13-7-5-8-15(11-13)19(3,17)18/h5,7-8,11-12H,4,6,9-10H2,1-3H3.